The lowest BCUT2D eigenvalue weighted by molar-refractivity contribution is -0.175. The number of carbonyl (C=O) groups is 4. The Hall–Kier alpha value is -2.12. The molecule has 8 atom stereocenters. The van der Waals surface area contributed by atoms with Crippen LogP contribution >= 0.6 is 0 Å². The fourth-order valence-corrected chi connectivity index (χ4v) is 9.86. The molecule has 4 aliphatic rings. The number of rotatable bonds is 5. The Labute approximate surface area is 238 Å². The number of carboxylic acids is 1. The zero-order chi connectivity index (χ0) is 30.6. The smallest absolute Gasteiger partial charge is 0.306 e. The van der Waals surface area contributed by atoms with E-state index in [-0.39, 0.29) is 42.5 Å². The Morgan fingerprint density at radius 1 is 1.02 bits per heavy atom. The predicted molar refractivity (Wildman–Crippen MR) is 151 cm³/mol. The molecule has 3 N–H and O–H groups in total. The standard InChI is InChI=1S/C33H48O7/c1-18(13-20(34)14-19(2)26(37)38)21-15-32(9,40)33(10)25-24(22(35)16-29(21,33)6)28(5)12-11-23(36)27(3,4)31(28,8)17-30(25,7)39/h13,19,21,39-40H,11-12,14-17H2,1-10H3,(H,37,38)/b18-13-/t19?,21-,28-,29-,30-,31+,32+,33+/m1/s1. The van der Waals surface area contributed by atoms with Gasteiger partial charge in [0, 0.05) is 41.1 Å². The van der Waals surface area contributed by atoms with Gasteiger partial charge in [-0.2, -0.15) is 0 Å². The summed E-state index contributed by atoms with van der Waals surface area (Å²) in [5, 5.41) is 33.8. The maximum absolute atomic E-state index is 14.4. The molecular weight excluding hydrogens is 508 g/mol. The molecule has 0 aromatic rings. The highest BCUT2D eigenvalue weighted by molar-refractivity contribution is 6.02. The van der Waals surface area contributed by atoms with Crippen LogP contribution < -0.4 is 0 Å². The first-order valence-electron chi connectivity index (χ1n) is 14.7. The molecule has 0 aromatic heterocycles. The van der Waals surface area contributed by atoms with E-state index in [9.17, 15) is 34.5 Å². The van der Waals surface area contributed by atoms with Crippen LogP contribution in [-0.4, -0.2) is 49.8 Å². The van der Waals surface area contributed by atoms with Crippen molar-refractivity contribution in [1.29, 1.82) is 0 Å². The maximum atomic E-state index is 14.4. The number of Topliss-reactive ketones (excluding diaryl/α,β-unsaturated/α-hetero) is 2. The zero-order valence-corrected chi connectivity index (χ0v) is 25.9. The fourth-order valence-electron chi connectivity index (χ4n) is 9.86. The van der Waals surface area contributed by atoms with Gasteiger partial charge in [0.1, 0.15) is 5.78 Å². The molecule has 0 amide bonds. The molecule has 4 aliphatic carbocycles. The van der Waals surface area contributed by atoms with E-state index < -0.39 is 50.2 Å². The lowest BCUT2D eigenvalue weighted by Crippen LogP contribution is -2.68. The lowest BCUT2D eigenvalue weighted by Gasteiger charge is -2.68. The van der Waals surface area contributed by atoms with Crippen LogP contribution in [0.2, 0.25) is 0 Å². The molecule has 7 heteroatoms. The van der Waals surface area contributed by atoms with Crippen LogP contribution in [-0.2, 0) is 19.2 Å². The van der Waals surface area contributed by atoms with Gasteiger partial charge < -0.3 is 15.3 Å². The minimum absolute atomic E-state index is 0.0600. The van der Waals surface area contributed by atoms with Crippen molar-refractivity contribution in [2.24, 2.45) is 38.9 Å². The third-order valence-corrected chi connectivity index (χ3v) is 12.9. The Bertz CT molecular complexity index is 1270. The van der Waals surface area contributed by atoms with Crippen LogP contribution in [0.3, 0.4) is 0 Å². The van der Waals surface area contributed by atoms with E-state index >= 15 is 0 Å². The summed E-state index contributed by atoms with van der Waals surface area (Å²) in [6.07, 6.45) is 2.95. The predicted octanol–water partition coefficient (Wildman–Crippen LogP) is 5.22. The first-order valence-corrected chi connectivity index (χ1v) is 14.7. The molecule has 2 fully saturated rings. The van der Waals surface area contributed by atoms with Crippen molar-refractivity contribution in [3.05, 3.63) is 22.8 Å². The average Bonchev–Trinajstić information content (AvgIpc) is 2.96. The van der Waals surface area contributed by atoms with Crippen molar-refractivity contribution in [1.82, 2.24) is 0 Å². The summed E-state index contributed by atoms with van der Waals surface area (Å²) < 4.78 is 0. The van der Waals surface area contributed by atoms with Gasteiger partial charge in [0.05, 0.1) is 17.1 Å². The second-order valence-electron chi connectivity index (χ2n) is 15.4. The third kappa shape index (κ3) is 3.62. The highest BCUT2D eigenvalue weighted by atomic mass is 16.4. The van der Waals surface area contributed by atoms with Crippen molar-refractivity contribution >= 4 is 23.3 Å². The summed E-state index contributed by atoms with van der Waals surface area (Å²) in [6, 6.07) is 0. The van der Waals surface area contributed by atoms with Crippen molar-refractivity contribution < 1.29 is 34.5 Å². The second kappa shape index (κ2) is 8.70. The minimum atomic E-state index is -1.45. The van der Waals surface area contributed by atoms with Crippen LogP contribution in [0.25, 0.3) is 0 Å². The van der Waals surface area contributed by atoms with Crippen LogP contribution in [0, 0.1) is 38.9 Å². The SMILES string of the molecule is C/C(=C/C(=O)CC(C)C(=O)O)[C@H]1C[C@](C)(O)[C@@]2(C)C3=C(C(=O)C[C@]12C)[C@@]1(C)CCC(=O)C(C)(C)[C@]1(C)C[C@@]3(C)O. The van der Waals surface area contributed by atoms with E-state index in [1.807, 2.05) is 41.5 Å². The maximum Gasteiger partial charge on any atom is 0.306 e. The molecule has 4 rings (SSSR count). The topological polar surface area (TPSA) is 129 Å². The number of carbonyl (C=O) groups excluding carboxylic acids is 3. The van der Waals surface area contributed by atoms with Gasteiger partial charge in [-0.25, -0.2) is 0 Å². The number of aliphatic carboxylic acids is 1. The van der Waals surface area contributed by atoms with Crippen LogP contribution in [0.5, 0.6) is 0 Å². The van der Waals surface area contributed by atoms with Crippen LogP contribution in [0.1, 0.15) is 108 Å². The number of hydrogen-bond donors (Lipinski definition) is 3. The summed E-state index contributed by atoms with van der Waals surface area (Å²) in [5.74, 6) is -2.40. The molecule has 7 nitrogen and oxygen atoms in total. The number of allylic oxidation sites excluding steroid dienone is 3. The van der Waals surface area contributed by atoms with Crippen molar-refractivity contribution in [3.63, 3.8) is 0 Å². The average molecular weight is 557 g/mol. The van der Waals surface area contributed by atoms with Crippen molar-refractivity contribution in [3.8, 4) is 0 Å². The second-order valence-corrected chi connectivity index (χ2v) is 15.4. The van der Waals surface area contributed by atoms with Gasteiger partial charge in [0.25, 0.3) is 0 Å². The van der Waals surface area contributed by atoms with Gasteiger partial charge >= 0.3 is 5.97 Å². The number of fused-ring (bicyclic) bond motifs is 4. The van der Waals surface area contributed by atoms with Gasteiger partial charge in [-0.1, -0.05) is 54.0 Å². The number of carboxylic acid groups (broad SMARTS) is 1. The Kier molecular flexibility index (Phi) is 6.70. The third-order valence-electron chi connectivity index (χ3n) is 12.9. The zero-order valence-electron chi connectivity index (χ0n) is 25.9. The summed E-state index contributed by atoms with van der Waals surface area (Å²) in [4.78, 5) is 51.7. The van der Waals surface area contributed by atoms with Crippen molar-refractivity contribution in [2.75, 3.05) is 0 Å². The first kappa shape index (κ1) is 30.8. The molecule has 2 saturated carbocycles. The van der Waals surface area contributed by atoms with E-state index in [2.05, 4.69) is 6.92 Å². The van der Waals surface area contributed by atoms with E-state index in [1.54, 1.807) is 13.8 Å². The summed E-state index contributed by atoms with van der Waals surface area (Å²) in [6.45, 7) is 18.8. The van der Waals surface area contributed by atoms with Gasteiger partial charge in [0.15, 0.2) is 11.6 Å². The van der Waals surface area contributed by atoms with E-state index in [4.69, 9.17) is 0 Å². The summed E-state index contributed by atoms with van der Waals surface area (Å²) >= 11 is 0. The van der Waals surface area contributed by atoms with Crippen LogP contribution in [0.4, 0.5) is 0 Å². The molecule has 1 unspecified atom stereocenters. The number of aliphatic hydroxyl groups is 2. The molecule has 222 valence electrons. The van der Waals surface area contributed by atoms with E-state index in [0.717, 1.165) is 0 Å². The van der Waals surface area contributed by atoms with Gasteiger partial charge in [-0.05, 0) is 68.4 Å². The van der Waals surface area contributed by atoms with Crippen LogP contribution in [0.15, 0.2) is 22.8 Å². The Morgan fingerprint density at radius 3 is 2.15 bits per heavy atom. The number of hydrogen-bond acceptors (Lipinski definition) is 6. The highest BCUT2D eigenvalue weighted by Crippen LogP contribution is 2.77. The minimum Gasteiger partial charge on any atom is -0.481 e. The largest absolute Gasteiger partial charge is 0.481 e. The fraction of sp³-hybridized carbons (Fsp3) is 0.758. The highest BCUT2D eigenvalue weighted by Gasteiger charge is 2.76. The molecule has 0 aliphatic heterocycles. The van der Waals surface area contributed by atoms with Gasteiger partial charge in [0.2, 0.25) is 0 Å². The summed E-state index contributed by atoms with van der Waals surface area (Å²) in [5.41, 5.74) is -4.77. The van der Waals surface area contributed by atoms with E-state index in [1.165, 1.54) is 13.0 Å². The number of ketones is 3. The summed E-state index contributed by atoms with van der Waals surface area (Å²) in [7, 11) is 0. The van der Waals surface area contributed by atoms with E-state index in [0.29, 0.717) is 36.0 Å². The molecule has 0 heterocycles. The molecule has 0 radical (unpaired) electrons. The van der Waals surface area contributed by atoms with Gasteiger partial charge in [-0.3, -0.25) is 19.2 Å². The molecule has 40 heavy (non-hydrogen) atoms. The molecule has 0 saturated heterocycles. The Balaban J connectivity index is 1.93. The molecular formula is C33H48O7. The normalized spacial score (nSPS) is 45.5. The Morgan fingerprint density at radius 2 is 1.60 bits per heavy atom. The molecule has 0 aromatic carbocycles. The first-order chi connectivity index (χ1) is 17.9. The lowest BCUT2D eigenvalue weighted by atomic mass is 9.35. The van der Waals surface area contributed by atoms with Gasteiger partial charge in [-0.15, -0.1) is 0 Å². The van der Waals surface area contributed by atoms with Crippen molar-refractivity contribution in [2.45, 2.75) is 119 Å². The molecule has 0 spiro atoms. The monoisotopic (exact) mass is 556 g/mol. The molecule has 0 bridgehead atoms. The quantitative estimate of drug-likeness (QED) is 0.396.